The zero-order valence-corrected chi connectivity index (χ0v) is 8.11. The van der Waals surface area contributed by atoms with Gasteiger partial charge in [-0.3, -0.25) is 0 Å². The van der Waals surface area contributed by atoms with Gasteiger partial charge in [0.1, 0.15) is 4.60 Å². The molecule has 72 valence electrons. The Balaban J connectivity index is 2.90. The first kappa shape index (κ1) is 10.3. The maximum Gasteiger partial charge on any atom is 0.574 e. The molecule has 0 aliphatic rings. The first-order valence-electron chi connectivity index (χ1n) is 3.27. The largest absolute Gasteiger partial charge is 0.574 e. The summed E-state index contributed by atoms with van der Waals surface area (Å²) in [5, 5.41) is 0. The van der Waals surface area contributed by atoms with Crippen molar-refractivity contribution in [3.05, 3.63) is 22.3 Å². The fraction of sp³-hybridized carbons (Fsp3) is 0.286. The third-order valence-corrected chi connectivity index (χ3v) is 1.54. The normalized spacial score (nSPS) is 11.5. The Morgan fingerprint density at radius 1 is 1.38 bits per heavy atom. The summed E-state index contributed by atoms with van der Waals surface area (Å²) in [5.74, 6) is -0.459. The molecule has 0 aromatic carbocycles. The van der Waals surface area contributed by atoms with E-state index in [1.54, 1.807) is 13.0 Å². The molecule has 6 heteroatoms. The molecular formula is C7H5BrF3NO. The lowest BCUT2D eigenvalue weighted by atomic mass is 10.3. The van der Waals surface area contributed by atoms with Gasteiger partial charge in [-0.25, -0.2) is 4.98 Å². The molecular weight excluding hydrogens is 251 g/mol. The molecule has 0 aliphatic carbocycles. The molecule has 0 aliphatic heterocycles. The van der Waals surface area contributed by atoms with E-state index in [0.29, 0.717) is 10.2 Å². The van der Waals surface area contributed by atoms with Gasteiger partial charge < -0.3 is 4.74 Å². The van der Waals surface area contributed by atoms with Crippen LogP contribution in [0.2, 0.25) is 0 Å². The molecule has 0 bridgehead atoms. The van der Waals surface area contributed by atoms with Crippen molar-refractivity contribution >= 4 is 15.9 Å². The second-order valence-electron chi connectivity index (χ2n) is 2.35. The zero-order valence-electron chi connectivity index (χ0n) is 6.52. The highest BCUT2D eigenvalue weighted by Crippen LogP contribution is 2.23. The summed E-state index contributed by atoms with van der Waals surface area (Å²) in [6.45, 7) is 1.65. The number of pyridine rings is 1. The van der Waals surface area contributed by atoms with Crippen LogP contribution in [0.5, 0.6) is 5.88 Å². The number of aryl methyl sites for hydroxylation is 1. The van der Waals surface area contributed by atoms with Crippen molar-refractivity contribution in [3.8, 4) is 5.88 Å². The number of rotatable bonds is 1. The highest BCUT2D eigenvalue weighted by molar-refractivity contribution is 9.10. The number of hydrogen-bond donors (Lipinski definition) is 0. The average molecular weight is 256 g/mol. The molecule has 0 unspecified atom stereocenters. The molecule has 0 atom stereocenters. The summed E-state index contributed by atoms with van der Waals surface area (Å²) in [7, 11) is 0. The molecule has 1 aromatic heterocycles. The van der Waals surface area contributed by atoms with Crippen LogP contribution in [0.4, 0.5) is 13.2 Å². The zero-order chi connectivity index (χ0) is 10.1. The van der Waals surface area contributed by atoms with E-state index in [1.807, 2.05) is 0 Å². The summed E-state index contributed by atoms with van der Waals surface area (Å²) < 4.78 is 39.1. The fourth-order valence-corrected chi connectivity index (χ4v) is 1.30. The van der Waals surface area contributed by atoms with Gasteiger partial charge in [0, 0.05) is 6.07 Å². The first-order valence-corrected chi connectivity index (χ1v) is 4.06. The number of alkyl halides is 3. The van der Waals surface area contributed by atoms with Crippen LogP contribution in [0.1, 0.15) is 5.56 Å². The quantitative estimate of drug-likeness (QED) is 0.720. The Morgan fingerprint density at radius 2 is 2.00 bits per heavy atom. The third kappa shape index (κ3) is 3.63. The smallest absolute Gasteiger partial charge is 0.388 e. The van der Waals surface area contributed by atoms with Crippen molar-refractivity contribution in [2.75, 3.05) is 0 Å². The van der Waals surface area contributed by atoms with Gasteiger partial charge in [0.15, 0.2) is 0 Å². The van der Waals surface area contributed by atoms with Gasteiger partial charge in [-0.05, 0) is 34.5 Å². The van der Waals surface area contributed by atoms with Gasteiger partial charge in [-0.1, -0.05) is 0 Å². The lowest BCUT2D eigenvalue weighted by Gasteiger charge is -2.08. The van der Waals surface area contributed by atoms with Crippen LogP contribution in [0, 0.1) is 6.92 Å². The lowest BCUT2D eigenvalue weighted by molar-refractivity contribution is -0.276. The predicted molar refractivity (Wildman–Crippen MR) is 43.4 cm³/mol. The van der Waals surface area contributed by atoms with E-state index in [1.165, 1.54) is 6.07 Å². The summed E-state index contributed by atoms with van der Waals surface area (Å²) in [6, 6.07) is 2.79. The van der Waals surface area contributed by atoms with Crippen molar-refractivity contribution in [1.29, 1.82) is 0 Å². The molecule has 0 saturated heterocycles. The van der Waals surface area contributed by atoms with E-state index < -0.39 is 12.2 Å². The van der Waals surface area contributed by atoms with E-state index in [9.17, 15) is 13.2 Å². The van der Waals surface area contributed by atoms with Crippen LogP contribution in [0.15, 0.2) is 16.7 Å². The maximum absolute atomic E-state index is 11.7. The summed E-state index contributed by atoms with van der Waals surface area (Å²) in [5.41, 5.74) is 0.640. The first-order chi connectivity index (χ1) is 5.87. The summed E-state index contributed by atoms with van der Waals surface area (Å²) in [4.78, 5) is 3.49. The van der Waals surface area contributed by atoms with Crippen LogP contribution in [0.3, 0.4) is 0 Å². The SMILES string of the molecule is Cc1cc(Br)nc(OC(F)(F)F)c1. The van der Waals surface area contributed by atoms with Gasteiger partial charge >= 0.3 is 6.36 Å². The highest BCUT2D eigenvalue weighted by atomic mass is 79.9. The molecule has 0 spiro atoms. The van der Waals surface area contributed by atoms with Crippen molar-refractivity contribution in [1.82, 2.24) is 4.98 Å². The fourth-order valence-electron chi connectivity index (χ4n) is 0.765. The minimum Gasteiger partial charge on any atom is -0.388 e. The molecule has 0 amide bonds. The predicted octanol–water partition coefficient (Wildman–Crippen LogP) is 3.05. The summed E-state index contributed by atoms with van der Waals surface area (Å²) >= 11 is 2.96. The van der Waals surface area contributed by atoms with Gasteiger partial charge in [-0.2, -0.15) is 0 Å². The molecule has 1 aromatic rings. The number of halogens is 4. The number of ether oxygens (including phenoxy) is 1. The van der Waals surface area contributed by atoms with Crippen LogP contribution in [-0.2, 0) is 0 Å². The maximum atomic E-state index is 11.7. The third-order valence-electron chi connectivity index (χ3n) is 1.14. The average Bonchev–Trinajstić information content (AvgIpc) is 1.78. The summed E-state index contributed by atoms with van der Waals surface area (Å²) in [6.07, 6.45) is -4.69. The number of aromatic nitrogens is 1. The second-order valence-corrected chi connectivity index (χ2v) is 3.17. The van der Waals surface area contributed by atoms with Gasteiger partial charge in [0.05, 0.1) is 0 Å². The molecule has 0 radical (unpaired) electrons. The minimum atomic E-state index is -4.69. The van der Waals surface area contributed by atoms with Crippen LogP contribution in [0.25, 0.3) is 0 Å². The second kappa shape index (κ2) is 3.53. The van der Waals surface area contributed by atoms with Crippen molar-refractivity contribution < 1.29 is 17.9 Å². The molecule has 0 fully saturated rings. The van der Waals surface area contributed by atoms with Gasteiger partial charge in [0.2, 0.25) is 5.88 Å². The Morgan fingerprint density at radius 3 is 2.46 bits per heavy atom. The van der Waals surface area contributed by atoms with Gasteiger partial charge in [0.25, 0.3) is 0 Å². The van der Waals surface area contributed by atoms with E-state index >= 15 is 0 Å². The molecule has 13 heavy (non-hydrogen) atoms. The number of hydrogen-bond acceptors (Lipinski definition) is 2. The van der Waals surface area contributed by atoms with Crippen LogP contribution >= 0.6 is 15.9 Å². The Hall–Kier alpha value is -0.780. The number of nitrogens with zero attached hydrogens (tertiary/aromatic N) is 1. The minimum absolute atomic E-state index is 0.312. The van der Waals surface area contributed by atoms with Crippen molar-refractivity contribution in [2.45, 2.75) is 13.3 Å². The van der Waals surface area contributed by atoms with Crippen molar-refractivity contribution in [2.24, 2.45) is 0 Å². The van der Waals surface area contributed by atoms with E-state index in [0.717, 1.165) is 0 Å². The van der Waals surface area contributed by atoms with E-state index in [4.69, 9.17) is 0 Å². The van der Waals surface area contributed by atoms with Gasteiger partial charge in [-0.15, -0.1) is 13.2 Å². The monoisotopic (exact) mass is 255 g/mol. The highest BCUT2D eigenvalue weighted by Gasteiger charge is 2.31. The molecule has 1 heterocycles. The Labute approximate surface area is 80.9 Å². The van der Waals surface area contributed by atoms with Crippen LogP contribution < -0.4 is 4.74 Å². The molecule has 1 rings (SSSR count). The van der Waals surface area contributed by atoms with E-state index in [-0.39, 0.29) is 0 Å². The Bertz CT molecular complexity index is 293. The van der Waals surface area contributed by atoms with Crippen LogP contribution in [-0.4, -0.2) is 11.3 Å². The lowest BCUT2D eigenvalue weighted by Crippen LogP contribution is -2.18. The standard InChI is InChI=1S/C7H5BrF3NO/c1-4-2-5(8)12-6(3-4)13-7(9,10)11/h2-3H,1H3. The molecule has 0 saturated carbocycles. The van der Waals surface area contributed by atoms with E-state index in [2.05, 4.69) is 25.7 Å². The molecule has 2 nitrogen and oxygen atoms in total. The van der Waals surface area contributed by atoms with Crippen molar-refractivity contribution in [3.63, 3.8) is 0 Å². The molecule has 0 N–H and O–H groups in total. The topological polar surface area (TPSA) is 22.1 Å². The Kier molecular flexibility index (Phi) is 2.80.